The molecule has 0 radical (unpaired) electrons. The summed E-state index contributed by atoms with van der Waals surface area (Å²) in [5, 5.41) is 10.4. The summed E-state index contributed by atoms with van der Waals surface area (Å²) in [6.07, 6.45) is -1.52. The zero-order valence-corrected chi connectivity index (χ0v) is 18.0. The van der Waals surface area contributed by atoms with Gasteiger partial charge in [-0.3, -0.25) is 9.59 Å². The third-order valence-electron chi connectivity index (χ3n) is 5.28. The molecule has 1 aliphatic rings. The molecule has 0 saturated carbocycles. The number of hydrogen-bond donors (Lipinski definition) is 1. The first-order chi connectivity index (χ1) is 15.6. The minimum atomic E-state index is -4.54. The zero-order valence-electron chi connectivity index (χ0n) is 17.3. The van der Waals surface area contributed by atoms with Gasteiger partial charge in [-0.15, -0.1) is 0 Å². The number of hydrogen-bond acceptors (Lipinski definition) is 7. The van der Waals surface area contributed by atoms with Crippen molar-refractivity contribution in [1.29, 1.82) is 0 Å². The van der Waals surface area contributed by atoms with E-state index in [1.165, 1.54) is 6.20 Å². The minimum absolute atomic E-state index is 0.0834. The SMILES string of the molecule is Cc1cc(NC(=O)C2CCN(c3cnn(-c4ccc(C(F)(F)F)cn4)c(=O)c3Cl)CC2)no1. The lowest BCUT2D eigenvalue weighted by Crippen LogP contribution is -2.39. The quantitative estimate of drug-likeness (QED) is 0.607. The molecule has 13 heteroatoms. The van der Waals surface area contributed by atoms with Gasteiger partial charge in [0.2, 0.25) is 5.91 Å². The van der Waals surface area contributed by atoms with Crippen molar-refractivity contribution in [3.8, 4) is 5.82 Å². The predicted octanol–water partition coefficient (Wildman–Crippen LogP) is 3.45. The van der Waals surface area contributed by atoms with Crippen molar-refractivity contribution in [3.05, 3.63) is 57.3 Å². The van der Waals surface area contributed by atoms with E-state index in [1.807, 2.05) is 4.90 Å². The lowest BCUT2D eigenvalue weighted by Gasteiger charge is -2.33. The normalized spacial score (nSPS) is 15.0. The average Bonchev–Trinajstić information content (AvgIpc) is 3.19. The van der Waals surface area contributed by atoms with Gasteiger partial charge < -0.3 is 14.7 Å². The number of piperidine rings is 1. The number of carbonyl (C=O) groups is 1. The first-order valence-corrected chi connectivity index (χ1v) is 10.3. The number of anilines is 2. The van der Waals surface area contributed by atoms with E-state index in [1.54, 1.807) is 13.0 Å². The highest BCUT2D eigenvalue weighted by molar-refractivity contribution is 6.33. The monoisotopic (exact) mass is 482 g/mol. The second-order valence-electron chi connectivity index (χ2n) is 7.54. The van der Waals surface area contributed by atoms with Gasteiger partial charge in [0.1, 0.15) is 10.8 Å². The molecular formula is C20H18ClF3N6O3. The van der Waals surface area contributed by atoms with Crippen LogP contribution in [-0.2, 0) is 11.0 Å². The lowest BCUT2D eigenvalue weighted by atomic mass is 9.95. The Kier molecular flexibility index (Phi) is 6.11. The largest absolute Gasteiger partial charge is 0.417 e. The minimum Gasteiger partial charge on any atom is -0.369 e. The number of nitrogens with zero attached hydrogens (tertiary/aromatic N) is 5. The number of nitrogens with one attached hydrogen (secondary N) is 1. The Morgan fingerprint density at radius 3 is 2.55 bits per heavy atom. The molecule has 0 spiro atoms. The van der Waals surface area contributed by atoms with E-state index in [4.69, 9.17) is 16.1 Å². The van der Waals surface area contributed by atoms with E-state index in [0.29, 0.717) is 49.4 Å². The Bertz CT molecular complexity index is 1220. The van der Waals surface area contributed by atoms with E-state index < -0.39 is 17.3 Å². The summed E-state index contributed by atoms with van der Waals surface area (Å²) in [5.74, 6) is 0.439. The lowest BCUT2D eigenvalue weighted by molar-refractivity contribution is -0.137. The van der Waals surface area contributed by atoms with Crippen LogP contribution in [0.15, 0.2) is 39.9 Å². The molecule has 174 valence electrons. The van der Waals surface area contributed by atoms with Crippen molar-refractivity contribution in [2.24, 2.45) is 5.92 Å². The van der Waals surface area contributed by atoms with Crippen LogP contribution < -0.4 is 15.8 Å². The average molecular weight is 483 g/mol. The number of carbonyl (C=O) groups excluding carboxylic acids is 1. The van der Waals surface area contributed by atoms with Crippen molar-refractivity contribution >= 4 is 29.0 Å². The van der Waals surface area contributed by atoms with Crippen LogP contribution in [-0.4, -0.2) is 38.9 Å². The smallest absolute Gasteiger partial charge is 0.369 e. The summed E-state index contributed by atoms with van der Waals surface area (Å²) in [4.78, 5) is 30.7. The third-order valence-corrected chi connectivity index (χ3v) is 5.63. The fraction of sp³-hybridized carbons (Fsp3) is 0.350. The summed E-state index contributed by atoms with van der Waals surface area (Å²) in [7, 11) is 0. The first kappa shape index (κ1) is 22.8. The number of rotatable bonds is 4. The van der Waals surface area contributed by atoms with Gasteiger partial charge in [-0.1, -0.05) is 16.8 Å². The highest BCUT2D eigenvalue weighted by Crippen LogP contribution is 2.30. The van der Waals surface area contributed by atoms with Crippen LogP contribution in [0.2, 0.25) is 5.02 Å². The maximum absolute atomic E-state index is 12.7. The summed E-state index contributed by atoms with van der Waals surface area (Å²) < 4.78 is 44.0. The number of amides is 1. The molecule has 4 heterocycles. The molecule has 9 nitrogen and oxygen atoms in total. The van der Waals surface area contributed by atoms with E-state index in [9.17, 15) is 22.8 Å². The number of pyridine rings is 1. The molecule has 1 fully saturated rings. The highest BCUT2D eigenvalue weighted by Gasteiger charge is 2.31. The molecule has 0 bridgehead atoms. The summed E-state index contributed by atoms with van der Waals surface area (Å²) in [6, 6.07) is 3.49. The van der Waals surface area contributed by atoms with Gasteiger partial charge in [0.15, 0.2) is 11.6 Å². The topological polar surface area (TPSA) is 106 Å². The van der Waals surface area contributed by atoms with Gasteiger partial charge in [-0.2, -0.15) is 23.0 Å². The molecular weight excluding hydrogens is 465 g/mol. The van der Waals surface area contributed by atoms with Crippen LogP contribution in [0.1, 0.15) is 24.2 Å². The van der Waals surface area contributed by atoms with Crippen LogP contribution in [0.5, 0.6) is 0 Å². The second-order valence-corrected chi connectivity index (χ2v) is 7.91. The molecule has 3 aromatic heterocycles. The Morgan fingerprint density at radius 1 is 1.24 bits per heavy atom. The molecule has 1 saturated heterocycles. The maximum atomic E-state index is 12.7. The van der Waals surface area contributed by atoms with Crippen molar-refractivity contribution in [3.63, 3.8) is 0 Å². The van der Waals surface area contributed by atoms with Gasteiger partial charge in [0.05, 0.1) is 17.4 Å². The fourth-order valence-electron chi connectivity index (χ4n) is 3.52. The Hall–Kier alpha value is -3.41. The molecule has 3 aromatic rings. The van der Waals surface area contributed by atoms with E-state index >= 15 is 0 Å². The van der Waals surface area contributed by atoms with E-state index in [-0.39, 0.29) is 22.7 Å². The van der Waals surface area contributed by atoms with Crippen molar-refractivity contribution in [2.75, 3.05) is 23.3 Å². The van der Waals surface area contributed by atoms with Crippen molar-refractivity contribution < 1.29 is 22.5 Å². The Labute approximate surface area is 190 Å². The van der Waals surface area contributed by atoms with Gasteiger partial charge in [-0.25, -0.2) is 4.98 Å². The van der Waals surface area contributed by atoms with Gasteiger partial charge >= 0.3 is 6.18 Å². The van der Waals surface area contributed by atoms with Crippen LogP contribution in [0, 0.1) is 12.8 Å². The molecule has 0 aromatic carbocycles. The number of halogens is 4. The van der Waals surface area contributed by atoms with Crippen molar-refractivity contribution in [1.82, 2.24) is 19.9 Å². The Balaban J connectivity index is 1.45. The summed E-state index contributed by atoms with van der Waals surface area (Å²) in [5.41, 5.74) is -1.26. The van der Waals surface area contributed by atoms with E-state index in [2.05, 4.69) is 20.6 Å². The molecule has 0 atom stereocenters. The number of aromatic nitrogens is 4. The van der Waals surface area contributed by atoms with E-state index in [0.717, 1.165) is 16.8 Å². The molecule has 4 rings (SSSR count). The summed E-state index contributed by atoms with van der Waals surface area (Å²) >= 11 is 6.27. The second kappa shape index (κ2) is 8.85. The maximum Gasteiger partial charge on any atom is 0.417 e. The van der Waals surface area contributed by atoms with Crippen LogP contribution in [0.4, 0.5) is 24.7 Å². The van der Waals surface area contributed by atoms with Gasteiger partial charge in [0, 0.05) is 31.3 Å². The predicted molar refractivity (Wildman–Crippen MR) is 112 cm³/mol. The van der Waals surface area contributed by atoms with Crippen LogP contribution in [0.25, 0.3) is 5.82 Å². The molecule has 1 aliphatic heterocycles. The molecule has 1 N–H and O–H groups in total. The summed E-state index contributed by atoms with van der Waals surface area (Å²) in [6.45, 7) is 2.64. The molecule has 0 aliphatic carbocycles. The van der Waals surface area contributed by atoms with Crippen LogP contribution in [0.3, 0.4) is 0 Å². The zero-order chi connectivity index (χ0) is 23.8. The highest BCUT2D eigenvalue weighted by atomic mass is 35.5. The van der Waals surface area contributed by atoms with Crippen LogP contribution >= 0.6 is 11.6 Å². The third kappa shape index (κ3) is 4.85. The standard InChI is InChI=1S/C20H18ClF3N6O3/c1-11-8-15(28-33-11)27-18(31)12-4-6-29(7-5-12)14-10-26-30(19(32)17(14)21)16-3-2-13(9-25-16)20(22,23)24/h2-3,8-10,12H,4-7H2,1H3,(H,27,28,31). The number of alkyl halides is 3. The Morgan fingerprint density at radius 2 is 1.97 bits per heavy atom. The fourth-order valence-corrected chi connectivity index (χ4v) is 3.77. The number of aryl methyl sites for hydroxylation is 1. The van der Waals surface area contributed by atoms with Gasteiger partial charge in [0.25, 0.3) is 5.56 Å². The van der Waals surface area contributed by atoms with Gasteiger partial charge in [-0.05, 0) is 31.9 Å². The van der Waals surface area contributed by atoms with Crippen molar-refractivity contribution in [2.45, 2.75) is 25.9 Å². The molecule has 1 amide bonds. The first-order valence-electron chi connectivity index (χ1n) is 9.94. The molecule has 0 unspecified atom stereocenters. The molecule has 33 heavy (non-hydrogen) atoms.